The third kappa shape index (κ3) is 4.27. The van der Waals surface area contributed by atoms with Crippen molar-refractivity contribution in [2.24, 2.45) is 0 Å². The predicted molar refractivity (Wildman–Crippen MR) is 95.4 cm³/mol. The van der Waals surface area contributed by atoms with Gasteiger partial charge in [-0.1, -0.05) is 11.3 Å². The monoisotopic (exact) mass is 396 g/mol. The molecule has 3 aromatic rings. The Labute approximate surface area is 156 Å². The minimum Gasteiger partial charge on any atom is -0.506 e. The molecule has 0 aliphatic rings. The van der Waals surface area contributed by atoms with Gasteiger partial charge in [-0.2, -0.15) is 0 Å². The lowest BCUT2D eigenvalue weighted by molar-refractivity contribution is -0.274. The average Bonchev–Trinajstić information content (AvgIpc) is 3.05. The van der Waals surface area contributed by atoms with Crippen LogP contribution in [0.15, 0.2) is 24.3 Å². The van der Waals surface area contributed by atoms with Crippen molar-refractivity contribution in [1.82, 2.24) is 15.2 Å². The molecule has 0 fully saturated rings. The number of rotatable bonds is 4. The lowest BCUT2D eigenvalue weighted by atomic mass is 10.1. The van der Waals surface area contributed by atoms with Gasteiger partial charge in [-0.05, 0) is 56.2 Å². The number of aryl methyl sites for hydroxylation is 1. The molecule has 0 amide bonds. The van der Waals surface area contributed by atoms with Crippen LogP contribution in [0.3, 0.4) is 0 Å². The molecule has 6 nitrogen and oxygen atoms in total. The highest BCUT2D eigenvalue weighted by Gasteiger charge is 2.31. The van der Waals surface area contributed by atoms with E-state index in [1.807, 2.05) is 6.92 Å². The zero-order valence-electron chi connectivity index (χ0n) is 14.5. The van der Waals surface area contributed by atoms with Crippen LogP contribution in [0.5, 0.6) is 11.5 Å². The van der Waals surface area contributed by atoms with E-state index in [-0.39, 0.29) is 11.5 Å². The molecule has 0 radical (unpaired) electrons. The maximum Gasteiger partial charge on any atom is 0.573 e. The smallest absolute Gasteiger partial charge is 0.506 e. The van der Waals surface area contributed by atoms with E-state index < -0.39 is 6.36 Å². The highest BCUT2D eigenvalue weighted by Crippen LogP contribution is 2.33. The summed E-state index contributed by atoms with van der Waals surface area (Å²) in [5, 5.41) is 22.1. The van der Waals surface area contributed by atoms with Crippen molar-refractivity contribution in [1.29, 1.82) is 0 Å². The number of nitrogens with one attached hydrogen (secondary N) is 1. The zero-order chi connectivity index (χ0) is 19.8. The molecule has 0 saturated heterocycles. The maximum absolute atomic E-state index is 12.2. The molecule has 0 spiro atoms. The summed E-state index contributed by atoms with van der Waals surface area (Å²) in [6, 6.07) is 5.39. The fourth-order valence-corrected chi connectivity index (χ4v) is 3.09. The Balaban J connectivity index is 1.80. The standard InChI is InChI=1S/C17H15F3N4O2S/c1-8-9(2)14(21-10(3)13(8)25)22-16-24-23-15(27-16)11-4-6-12(7-5-11)26-17(18,19)20/h4-7,25H,1-3H3,(H,21,22,24). The lowest BCUT2D eigenvalue weighted by Gasteiger charge is -2.11. The van der Waals surface area contributed by atoms with Crippen LogP contribution in [0, 0.1) is 20.8 Å². The molecule has 0 atom stereocenters. The summed E-state index contributed by atoms with van der Waals surface area (Å²) < 4.78 is 40.5. The molecule has 1 aromatic carbocycles. The molecule has 2 heterocycles. The number of hydrogen-bond donors (Lipinski definition) is 2. The van der Waals surface area contributed by atoms with Crippen molar-refractivity contribution in [3.8, 4) is 22.1 Å². The van der Waals surface area contributed by atoms with E-state index in [1.54, 1.807) is 13.8 Å². The van der Waals surface area contributed by atoms with Crippen molar-refractivity contribution in [2.75, 3.05) is 5.32 Å². The number of aromatic hydroxyl groups is 1. The van der Waals surface area contributed by atoms with Crippen LogP contribution in [0.4, 0.5) is 24.1 Å². The summed E-state index contributed by atoms with van der Waals surface area (Å²) in [5.74, 6) is 0.403. The molecule has 2 N–H and O–H groups in total. The van der Waals surface area contributed by atoms with Crippen LogP contribution in [0.2, 0.25) is 0 Å². The Kier molecular flexibility index (Phi) is 4.92. The highest BCUT2D eigenvalue weighted by atomic mass is 32.1. The second kappa shape index (κ2) is 7.03. The van der Waals surface area contributed by atoms with Crippen molar-refractivity contribution in [2.45, 2.75) is 27.1 Å². The Bertz CT molecular complexity index is 972. The van der Waals surface area contributed by atoms with Gasteiger partial charge >= 0.3 is 6.36 Å². The van der Waals surface area contributed by atoms with Gasteiger partial charge < -0.3 is 15.2 Å². The van der Waals surface area contributed by atoms with Gasteiger partial charge in [-0.3, -0.25) is 0 Å². The third-order valence-corrected chi connectivity index (χ3v) is 4.77. The normalized spacial score (nSPS) is 11.5. The number of pyridine rings is 1. The molecular weight excluding hydrogens is 381 g/mol. The Morgan fingerprint density at radius 2 is 1.70 bits per heavy atom. The van der Waals surface area contributed by atoms with Gasteiger partial charge in [0.2, 0.25) is 5.13 Å². The van der Waals surface area contributed by atoms with E-state index in [0.29, 0.717) is 27.2 Å². The van der Waals surface area contributed by atoms with Gasteiger partial charge in [-0.25, -0.2) is 4.98 Å². The predicted octanol–water partition coefficient (Wildman–Crippen LogP) is 4.87. The maximum atomic E-state index is 12.2. The molecule has 0 aliphatic heterocycles. The van der Waals surface area contributed by atoms with E-state index in [2.05, 4.69) is 25.2 Å². The minimum absolute atomic E-state index is 0.150. The van der Waals surface area contributed by atoms with E-state index >= 15 is 0 Å². The molecule has 3 rings (SSSR count). The summed E-state index contributed by atoms with van der Waals surface area (Å²) in [7, 11) is 0. The molecule has 142 valence electrons. The molecule has 0 aliphatic carbocycles. The highest BCUT2D eigenvalue weighted by molar-refractivity contribution is 7.18. The van der Waals surface area contributed by atoms with Gasteiger partial charge in [0, 0.05) is 5.56 Å². The number of nitrogens with zero attached hydrogens (tertiary/aromatic N) is 3. The van der Waals surface area contributed by atoms with Crippen LogP contribution >= 0.6 is 11.3 Å². The second-order valence-corrected chi connectivity index (χ2v) is 6.73. The summed E-state index contributed by atoms with van der Waals surface area (Å²) >= 11 is 1.23. The summed E-state index contributed by atoms with van der Waals surface area (Å²) in [6.45, 7) is 5.31. The van der Waals surface area contributed by atoms with Crippen molar-refractivity contribution in [3.05, 3.63) is 41.1 Å². The van der Waals surface area contributed by atoms with Crippen LogP contribution in [-0.2, 0) is 0 Å². The number of halogens is 3. The SMILES string of the molecule is Cc1nc(Nc2nnc(-c3ccc(OC(F)(F)F)cc3)s2)c(C)c(C)c1O. The third-order valence-electron chi connectivity index (χ3n) is 3.88. The molecule has 0 saturated carbocycles. The fourth-order valence-electron chi connectivity index (χ4n) is 2.34. The number of benzene rings is 1. The second-order valence-electron chi connectivity index (χ2n) is 5.75. The number of alkyl halides is 3. The van der Waals surface area contributed by atoms with Crippen LogP contribution < -0.4 is 10.1 Å². The van der Waals surface area contributed by atoms with E-state index in [4.69, 9.17) is 0 Å². The van der Waals surface area contributed by atoms with Gasteiger partial charge in [0.15, 0.2) is 0 Å². The van der Waals surface area contributed by atoms with Crippen molar-refractivity contribution >= 4 is 22.3 Å². The Morgan fingerprint density at radius 3 is 2.33 bits per heavy atom. The fraction of sp³-hybridized carbons (Fsp3) is 0.235. The van der Waals surface area contributed by atoms with Crippen molar-refractivity contribution in [3.63, 3.8) is 0 Å². The summed E-state index contributed by atoms with van der Waals surface area (Å²) in [6.07, 6.45) is -4.73. The molecule has 0 unspecified atom stereocenters. The summed E-state index contributed by atoms with van der Waals surface area (Å²) in [4.78, 5) is 4.31. The Morgan fingerprint density at radius 1 is 1.04 bits per heavy atom. The first-order valence-electron chi connectivity index (χ1n) is 7.77. The molecule has 0 bridgehead atoms. The van der Waals surface area contributed by atoms with Crippen LogP contribution in [0.1, 0.15) is 16.8 Å². The first kappa shape index (κ1) is 18.9. The van der Waals surface area contributed by atoms with E-state index in [9.17, 15) is 18.3 Å². The molecule has 2 aromatic heterocycles. The minimum atomic E-state index is -4.73. The van der Waals surface area contributed by atoms with Gasteiger partial charge in [0.25, 0.3) is 0 Å². The quantitative estimate of drug-likeness (QED) is 0.655. The Hall–Kier alpha value is -2.88. The van der Waals surface area contributed by atoms with Gasteiger partial charge in [-0.15, -0.1) is 23.4 Å². The van der Waals surface area contributed by atoms with Crippen molar-refractivity contribution < 1.29 is 23.0 Å². The summed E-state index contributed by atoms with van der Waals surface area (Å²) in [5.41, 5.74) is 2.60. The van der Waals surface area contributed by atoms with E-state index in [0.717, 1.165) is 11.1 Å². The topological polar surface area (TPSA) is 80.2 Å². The van der Waals surface area contributed by atoms with Gasteiger partial charge in [0.1, 0.15) is 22.3 Å². The number of aromatic nitrogens is 3. The molecule has 27 heavy (non-hydrogen) atoms. The van der Waals surface area contributed by atoms with Crippen LogP contribution in [0.25, 0.3) is 10.6 Å². The largest absolute Gasteiger partial charge is 0.573 e. The first-order valence-corrected chi connectivity index (χ1v) is 8.59. The first-order chi connectivity index (χ1) is 12.6. The number of hydrogen-bond acceptors (Lipinski definition) is 7. The van der Waals surface area contributed by atoms with Crippen LogP contribution in [-0.4, -0.2) is 26.7 Å². The molecular formula is C17H15F3N4O2S. The zero-order valence-corrected chi connectivity index (χ0v) is 15.4. The molecule has 10 heteroatoms. The van der Waals surface area contributed by atoms with Gasteiger partial charge in [0.05, 0.1) is 5.69 Å². The number of ether oxygens (including phenoxy) is 1. The average molecular weight is 396 g/mol. The number of anilines is 2. The van der Waals surface area contributed by atoms with E-state index in [1.165, 1.54) is 35.6 Å². The lowest BCUT2D eigenvalue weighted by Crippen LogP contribution is -2.16.